The average molecular weight is 222 g/mol. The fraction of sp³-hybridized carbons (Fsp3) is 1.00. The first kappa shape index (κ1) is 12.3. The molecule has 0 spiro atoms. The molecule has 1 aliphatic rings. The van der Waals surface area contributed by atoms with E-state index >= 15 is 0 Å². The van der Waals surface area contributed by atoms with Crippen molar-refractivity contribution in [3.05, 3.63) is 0 Å². The lowest BCUT2D eigenvalue weighted by Crippen LogP contribution is -2.49. The van der Waals surface area contributed by atoms with Gasteiger partial charge in [0.15, 0.2) is 0 Å². The van der Waals surface area contributed by atoms with Gasteiger partial charge in [0.1, 0.15) is 0 Å². The summed E-state index contributed by atoms with van der Waals surface area (Å²) in [5.74, 6) is 1.49. The van der Waals surface area contributed by atoms with Crippen molar-refractivity contribution in [2.45, 2.75) is 44.6 Å². The van der Waals surface area contributed by atoms with Gasteiger partial charge in [0.25, 0.3) is 0 Å². The van der Waals surface area contributed by atoms with Crippen molar-refractivity contribution < 1.29 is 4.39 Å². The summed E-state index contributed by atoms with van der Waals surface area (Å²) in [6.45, 7) is 2.82. The molecule has 1 N–H and O–H groups in total. The summed E-state index contributed by atoms with van der Waals surface area (Å²) in [5.41, 5.74) is 0.100. The Morgan fingerprint density at radius 2 is 2.07 bits per heavy atom. The molecule has 0 amide bonds. The number of hydrogen-bond acceptors (Lipinski definition) is 1. The summed E-state index contributed by atoms with van der Waals surface area (Å²) < 4.78 is 12.0. The Bertz CT molecular complexity index is 155. The van der Waals surface area contributed by atoms with Crippen LogP contribution < -0.4 is 5.32 Å². The smallest absolute Gasteiger partial charge is 0.0906 e. The molecule has 84 valence electrons. The van der Waals surface area contributed by atoms with E-state index in [-0.39, 0.29) is 12.2 Å². The van der Waals surface area contributed by atoms with Crippen molar-refractivity contribution in [1.82, 2.24) is 5.32 Å². The highest BCUT2D eigenvalue weighted by molar-refractivity contribution is 6.18. The first-order chi connectivity index (χ1) is 6.72. The minimum Gasteiger partial charge on any atom is -0.310 e. The minimum atomic E-state index is -0.234. The molecule has 0 aromatic heterocycles. The third-order valence-electron chi connectivity index (χ3n) is 3.30. The van der Waals surface area contributed by atoms with Crippen molar-refractivity contribution in [2.75, 3.05) is 19.1 Å². The van der Waals surface area contributed by atoms with Crippen LogP contribution in [0.3, 0.4) is 0 Å². The zero-order valence-electron chi connectivity index (χ0n) is 8.99. The van der Waals surface area contributed by atoms with Crippen molar-refractivity contribution in [1.29, 1.82) is 0 Å². The van der Waals surface area contributed by atoms with Gasteiger partial charge in [-0.1, -0.05) is 6.92 Å². The molecule has 0 heterocycles. The van der Waals surface area contributed by atoms with E-state index in [0.717, 1.165) is 25.3 Å². The van der Waals surface area contributed by atoms with Crippen LogP contribution in [0.15, 0.2) is 0 Å². The minimum absolute atomic E-state index is 0.100. The molecule has 1 fully saturated rings. The van der Waals surface area contributed by atoms with E-state index < -0.39 is 0 Å². The Hall–Kier alpha value is 0.180. The molecule has 0 aromatic rings. The Labute approximate surface area is 91.4 Å². The normalized spacial score (nSPS) is 33.2. The monoisotopic (exact) mass is 221 g/mol. The number of nitrogens with one attached hydrogen (secondary N) is 1. The SMILES string of the molecule is CC1CCC(CCl)(NCCCF)CC1. The molecule has 1 aliphatic carbocycles. The number of alkyl halides is 2. The van der Waals surface area contributed by atoms with E-state index in [2.05, 4.69) is 12.2 Å². The third kappa shape index (κ3) is 3.39. The fourth-order valence-electron chi connectivity index (χ4n) is 2.09. The second-order valence-electron chi connectivity index (χ2n) is 4.57. The molecular formula is C11H21ClFN. The molecule has 0 atom stereocenters. The van der Waals surface area contributed by atoms with Crippen LogP contribution in [0.1, 0.15) is 39.0 Å². The van der Waals surface area contributed by atoms with Crippen LogP contribution in [-0.4, -0.2) is 24.6 Å². The predicted octanol–water partition coefficient (Wildman–Crippen LogP) is 3.12. The molecule has 3 heteroatoms. The predicted molar refractivity (Wildman–Crippen MR) is 59.7 cm³/mol. The van der Waals surface area contributed by atoms with Crippen molar-refractivity contribution in [2.24, 2.45) is 5.92 Å². The van der Waals surface area contributed by atoms with Gasteiger partial charge in [-0.05, 0) is 44.6 Å². The molecule has 0 aromatic carbocycles. The molecule has 0 unspecified atom stereocenters. The molecule has 1 saturated carbocycles. The second-order valence-corrected chi connectivity index (χ2v) is 4.83. The molecule has 1 nitrogen and oxygen atoms in total. The van der Waals surface area contributed by atoms with Gasteiger partial charge in [-0.3, -0.25) is 4.39 Å². The lowest BCUT2D eigenvalue weighted by atomic mass is 9.78. The van der Waals surface area contributed by atoms with Crippen molar-refractivity contribution in [3.63, 3.8) is 0 Å². The highest BCUT2D eigenvalue weighted by Gasteiger charge is 2.32. The molecule has 0 bridgehead atoms. The third-order valence-corrected chi connectivity index (χ3v) is 3.81. The summed E-state index contributed by atoms with van der Waals surface area (Å²) in [6, 6.07) is 0. The van der Waals surface area contributed by atoms with Crippen LogP contribution >= 0.6 is 11.6 Å². The second kappa shape index (κ2) is 5.92. The Morgan fingerprint density at radius 1 is 1.43 bits per heavy atom. The number of rotatable bonds is 5. The number of halogens is 2. The Balaban J connectivity index is 2.34. The summed E-state index contributed by atoms with van der Waals surface area (Å²) in [7, 11) is 0. The van der Waals surface area contributed by atoms with Crippen LogP contribution in [0, 0.1) is 5.92 Å². The standard InChI is InChI=1S/C11H21ClFN/c1-10-3-5-11(9-12,6-4-10)14-8-2-7-13/h10,14H,2-9H2,1H3. The Morgan fingerprint density at radius 3 is 2.57 bits per heavy atom. The Kier molecular flexibility index (Phi) is 5.18. The molecule has 0 saturated heterocycles. The van der Waals surface area contributed by atoms with Crippen LogP contribution in [0.25, 0.3) is 0 Å². The zero-order chi connectivity index (χ0) is 10.4. The van der Waals surface area contributed by atoms with E-state index in [9.17, 15) is 4.39 Å². The van der Waals surface area contributed by atoms with E-state index in [1.54, 1.807) is 0 Å². The van der Waals surface area contributed by atoms with Crippen LogP contribution in [0.4, 0.5) is 4.39 Å². The summed E-state index contributed by atoms with van der Waals surface area (Å²) in [4.78, 5) is 0. The van der Waals surface area contributed by atoms with E-state index in [4.69, 9.17) is 11.6 Å². The maximum atomic E-state index is 12.0. The lowest BCUT2D eigenvalue weighted by molar-refractivity contribution is 0.215. The zero-order valence-corrected chi connectivity index (χ0v) is 9.75. The maximum Gasteiger partial charge on any atom is 0.0906 e. The van der Waals surface area contributed by atoms with Crippen LogP contribution in [-0.2, 0) is 0 Å². The maximum absolute atomic E-state index is 12.0. The lowest BCUT2D eigenvalue weighted by Gasteiger charge is -2.39. The van der Waals surface area contributed by atoms with E-state index in [0.29, 0.717) is 12.3 Å². The first-order valence-electron chi connectivity index (χ1n) is 5.59. The van der Waals surface area contributed by atoms with Crippen molar-refractivity contribution in [3.8, 4) is 0 Å². The van der Waals surface area contributed by atoms with Crippen LogP contribution in [0.2, 0.25) is 0 Å². The quantitative estimate of drug-likeness (QED) is 0.556. The summed E-state index contributed by atoms with van der Waals surface area (Å²) in [5, 5.41) is 3.43. The van der Waals surface area contributed by atoms with E-state index in [1.807, 2.05) is 0 Å². The average Bonchev–Trinajstić information content (AvgIpc) is 2.22. The topological polar surface area (TPSA) is 12.0 Å². The van der Waals surface area contributed by atoms with Gasteiger partial charge in [-0.2, -0.15) is 0 Å². The van der Waals surface area contributed by atoms with Crippen molar-refractivity contribution >= 4 is 11.6 Å². The molecule has 1 rings (SSSR count). The van der Waals surface area contributed by atoms with E-state index in [1.165, 1.54) is 12.8 Å². The van der Waals surface area contributed by atoms with Gasteiger partial charge < -0.3 is 5.32 Å². The summed E-state index contributed by atoms with van der Waals surface area (Å²) in [6.07, 6.45) is 5.38. The van der Waals surface area contributed by atoms with Gasteiger partial charge in [-0.25, -0.2) is 0 Å². The molecular weight excluding hydrogens is 201 g/mol. The van der Waals surface area contributed by atoms with Gasteiger partial charge in [0.2, 0.25) is 0 Å². The van der Waals surface area contributed by atoms with Gasteiger partial charge in [0.05, 0.1) is 6.67 Å². The molecule has 0 radical (unpaired) electrons. The summed E-state index contributed by atoms with van der Waals surface area (Å²) >= 11 is 6.01. The molecule has 14 heavy (non-hydrogen) atoms. The van der Waals surface area contributed by atoms with Crippen LogP contribution in [0.5, 0.6) is 0 Å². The van der Waals surface area contributed by atoms with Gasteiger partial charge >= 0.3 is 0 Å². The molecule has 0 aliphatic heterocycles. The first-order valence-corrected chi connectivity index (χ1v) is 6.13. The highest BCUT2D eigenvalue weighted by Crippen LogP contribution is 2.32. The fourth-order valence-corrected chi connectivity index (χ4v) is 2.45. The number of hydrogen-bond donors (Lipinski definition) is 1. The van der Waals surface area contributed by atoms with Gasteiger partial charge in [0, 0.05) is 11.4 Å². The van der Waals surface area contributed by atoms with Gasteiger partial charge in [-0.15, -0.1) is 11.6 Å². The highest BCUT2D eigenvalue weighted by atomic mass is 35.5. The largest absolute Gasteiger partial charge is 0.310 e.